The number of halogens is 1. The molecule has 0 N–H and O–H groups in total. The average molecular weight is 225 g/mol. The summed E-state index contributed by atoms with van der Waals surface area (Å²) in [6.07, 6.45) is 3.35. The molecule has 1 saturated heterocycles. The molecule has 1 aromatic carbocycles. The van der Waals surface area contributed by atoms with E-state index in [1.165, 1.54) is 24.0 Å². The fraction of sp³-hybridized carbons (Fsp3) is 0.400. The van der Waals surface area contributed by atoms with Crippen LogP contribution < -0.4 is 0 Å². The van der Waals surface area contributed by atoms with Crippen molar-refractivity contribution in [1.82, 2.24) is 0 Å². The van der Waals surface area contributed by atoms with Gasteiger partial charge in [-0.25, -0.2) is 0 Å². The molecule has 0 amide bonds. The van der Waals surface area contributed by atoms with Crippen molar-refractivity contribution in [2.75, 3.05) is 0 Å². The van der Waals surface area contributed by atoms with Crippen molar-refractivity contribution < 1.29 is 4.74 Å². The van der Waals surface area contributed by atoms with E-state index in [1.807, 2.05) is 0 Å². The van der Waals surface area contributed by atoms with Gasteiger partial charge < -0.3 is 4.74 Å². The third-order valence-electron chi connectivity index (χ3n) is 2.70. The summed E-state index contributed by atoms with van der Waals surface area (Å²) in [5, 5.41) is 0. The largest absolute Gasteiger partial charge is 0.364 e. The highest BCUT2D eigenvalue weighted by Gasteiger charge is 2.43. The molecule has 1 fully saturated rings. The maximum absolute atomic E-state index is 5.54. The molecule has 1 aliphatic heterocycles. The first-order valence-corrected chi connectivity index (χ1v) is 5.08. The van der Waals surface area contributed by atoms with Gasteiger partial charge in [0.15, 0.2) is 0 Å². The molecule has 62 valence electrons. The molecule has 0 unspecified atom stereocenters. The molecule has 12 heavy (non-hydrogen) atoms. The predicted molar refractivity (Wildman–Crippen MR) is 50.1 cm³/mol. The molecule has 0 bridgehead atoms. The summed E-state index contributed by atoms with van der Waals surface area (Å²) in [4.78, 5) is 0. The Morgan fingerprint density at radius 3 is 3.25 bits per heavy atom. The minimum absolute atomic E-state index is 0.422. The van der Waals surface area contributed by atoms with Gasteiger partial charge in [0.2, 0.25) is 0 Å². The Morgan fingerprint density at radius 2 is 2.33 bits per heavy atom. The minimum atomic E-state index is 0.422. The number of ether oxygens (including phenoxy) is 1. The molecule has 0 saturated carbocycles. The number of epoxide rings is 1. The van der Waals surface area contributed by atoms with E-state index in [4.69, 9.17) is 4.74 Å². The molecule has 0 spiro atoms. The number of aryl methyl sites for hydroxylation is 1. The van der Waals surface area contributed by atoms with Crippen LogP contribution in [0.2, 0.25) is 0 Å². The molecular formula is C10H9BrO. The number of hydrogen-bond donors (Lipinski definition) is 0. The van der Waals surface area contributed by atoms with E-state index in [0.717, 1.165) is 4.47 Å². The summed E-state index contributed by atoms with van der Waals surface area (Å²) in [5.41, 5.74) is 2.87. The zero-order chi connectivity index (χ0) is 8.13. The molecule has 2 heteroatoms. The SMILES string of the molecule is Brc1ccc2c(c1)[C@H]1O[C@H]1CC2. The molecule has 1 nitrogen and oxygen atoms in total. The first kappa shape index (κ1) is 7.10. The fourth-order valence-electron chi connectivity index (χ4n) is 1.99. The lowest BCUT2D eigenvalue weighted by molar-refractivity contribution is 0.372. The van der Waals surface area contributed by atoms with E-state index in [1.54, 1.807) is 0 Å². The third kappa shape index (κ3) is 0.947. The van der Waals surface area contributed by atoms with Crippen molar-refractivity contribution in [1.29, 1.82) is 0 Å². The Balaban J connectivity index is 2.14. The number of hydrogen-bond acceptors (Lipinski definition) is 1. The van der Waals surface area contributed by atoms with Gasteiger partial charge in [0.05, 0.1) is 6.10 Å². The van der Waals surface area contributed by atoms with Crippen LogP contribution in [0.25, 0.3) is 0 Å². The molecule has 1 heterocycles. The van der Waals surface area contributed by atoms with Gasteiger partial charge in [0, 0.05) is 4.47 Å². The Kier molecular flexibility index (Phi) is 1.38. The van der Waals surface area contributed by atoms with Gasteiger partial charge in [0.1, 0.15) is 6.10 Å². The van der Waals surface area contributed by atoms with Crippen LogP contribution >= 0.6 is 15.9 Å². The van der Waals surface area contributed by atoms with Gasteiger partial charge in [-0.05, 0) is 36.1 Å². The lowest BCUT2D eigenvalue weighted by Gasteiger charge is -2.11. The second kappa shape index (κ2) is 2.33. The lowest BCUT2D eigenvalue weighted by Crippen LogP contribution is -2.03. The van der Waals surface area contributed by atoms with Crippen molar-refractivity contribution in [2.45, 2.75) is 25.0 Å². The van der Waals surface area contributed by atoms with Crippen LogP contribution in [0.3, 0.4) is 0 Å². The van der Waals surface area contributed by atoms with Crippen molar-refractivity contribution >= 4 is 15.9 Å². The summed E-state index contributed by atoms with van der Waals surface area (Å²) in [5.74, 6) is 0. The summed E-state index contributed by atoms with van der Waals surface area (Å²) >= 11 is 3.48. The first-order valence-electron chi connectivity index (χ1n) is 4.28. The van der Waals surface area contributed by atoms with Crippen molar-refractivity contribution in [3.63, 3.8) is 0 Å². The molecule has 2 aliphatic rings. The maximum Gasteiger partial charge on any atom is 0.109 e. The second-order valence-corrected chi connectivity index (χ2v) is 4.39. The Morgan fingerprint density at radius 1 is 1.42 bits per heavy atom. The normalized spacial score (nSPS) is 30.8. The minimum Gasteiger partial charge on any atom is -0.364 e. The summed E-state index contributed by atoms with van der Waals surface area (Å²) in [6.45, 7) is 0. The van der Waals surface area contributed by atoms with Crippen LogP contribution in [0.1, 0.15) is 23.7 Å². The highest BCUT2D eigenvalue weighted by atomic mass is 79.9. The molecule has 3 rings (SSSR count). The second-order valence-electron chi connectivity index (χ2n) is 3.48. The van der Waals surface area contributed by atoms with Gasteiger partial charge in [-0.3, -0.25) is 0 Å². The molecule has 1 aliphatic carbocycles. The van der Waals surface area contributed by atoms with E-state index in [0.29, 0.717) is 12.2 Å². The van der Waals surface area contributed by atoms with Crippen LogP contribution in [0.15, 0.2) is 22.7 Å². The Hall–Kier alpha value is -0.340. The van der Waals surface area contributed by atoms with E-state index in [2.05, 4.69) is 34.1 Å². The summed E-state index contributed by atoms with van der Waals surface area (Å²) in [7, 11) is 0. The smallest absolute Gasteiger partial charge is 0.109 e. The molecular weight excluding hydrogens is 216 g/mol. The summed E-state index contributed by atoms with van der Waals surface area (Å²) in [6, 6.07) is 6.51. The predicted octanol–water partition coefficient (Wildman–Crippen LogP) is 2.84. The van der Waals surface area contributed by atoms with Crippen molar-refractivity contribution in [3.8, 4) is 0 Å². The zero-order valence-electron chi connectivity index (χ0n) is 6.59. The van der Waals surface area contributed by atoms with Gasteiger partial charge >= 0.3 is 0 Å². The number of rotatable bonds is 0. The van der Waals surface area contributed by atoms with Crippen LogP contribution in [0, 0.1) is 0 Å². The highest BCUT2D eigenvalue weighted by molar-refractivity contribution is 9.10. The number of fused-ring (bicyclic) bond motifs is 3. The Bertz CT molecular complexity index is 335. The van der Waals surface area contributed by atoms with Gasteiger partial charge in [-0.15, -0.1) is 0 Å². The quantitative estimate of drug-likeness (QED) is 0.618. The molecule has 0 radical (unpaired) electrons. The highest BCUT2D eigenvalue weighted by Crippen LogP contribution is 2.47. The van der Waals surface area contributed by atoms with E-state index in [9.17, 15) is 0 Å². The topological polar surface area (TPSA) is 12.5 Å². The van der Waals surface area contributed by atoms with Crippen LogP contribution in [0.4, 0.5) is 0 Å². The van der Waals surface area contributed by atoms with E-state index >= 15 is 0 Å². The van der Waals surface area contributed by atoms with Gasteiger partial charge in [-0.2, -0.15) is 0 Å². The zero-order valence-corrected chi connectivity index (χ0v) is 8.17. The van der Waals surface area contributed by atoms with E-state index < -0.39 is 0 Å². The molecule has 0 aromatic heterocycles. The molecule has 1 aromatic rings. The lowest BCUT2D eigenvalue weighted by atomic mass is 9.92. The third-order valence-corrected chi connectivity index (χ3v) is 3.19. The summed E-state index contributed by atoms with van der Waals surface area (Å²) < 4.78 is 6.70. The van der Waals surface area contributed by atoms with Crippen molar-refractivity contribution in [3.05, 3.63) is 33.8 Å². The number of benzene rings is 1. The fourth-order valence-corrected chi connectivity index (χ4v) is 2.37. The maximum atomic E-state index is 5.54. The molecule has 2 atom stereocenters. The van der Waals surface area contributed by atoms with Crippen molar-refractivity contribution in [2.24, 2.45) is 0 Å². The monoisotopic (exact) mass is 224 g/mol. The van der Waals surface area contributed by atoms with Gasteiger partial charge in [-0.1, -0.05) is 22.0 Å². The van der Waals surface area contributed by atoms with E-state index in [-0.39, 0.29) is 0 Å². The van der Waals surface area contributed by atoms with Crippen LogP contribution in [-0.4, -0.2) is 6.10 Å². The first-order chi connectivity index (χ1) is 5.84. The standard InChI is InChI=1S/C10H9BrO/c11-7-3-1-6-2-4-9-10(12-9)8(6)5-7/h1,3,5,9-10H,2,4H2/t9-,10+/m0/s1. The average Bonchev–Trinajstić information content (AvgIpc) is 2.82. The Labute approximate surface area is 79.9 Å². The van der Waals surface area contributed by atoms with Gasteiger partial charge in [0.25, 0.3) is 0 Å². The van der Waals surface area contributed by atoms with Crippen LogP contribution in [-0.2, 0) is 11.2 Å². The van der Waals surface area contributed by atoms with Crippen LogP contribution in [0.5, 0.6) is 0 Å².